The number of rotatable bonds is 8. The fourth-order valence-electron chi connectivity index (χ4n) is 5.81. The normalized spacial score (nSPS) is 18.7. The van der Waals surface area contributed by atoms with Gasteiger partial charge in [-0.05, 0) is 35.3 Å². The van der Waals surface area contributed by atoms with Gasteiger partial charge in [-0.25, -0.2) is 8.78 Å². The molecule has 0 amide bonds. The van der Waals surface area contributed by atoms with Gasteiger partial charge in [0.15, 0.2) is 11.6 Å². The highest BCUT2D eigenvalue weighted by molar-refractivity contribution is 6.99. The maximum Gasteiger partial charge on any atom is 0.314 e. The number of hydrogen-bond acceptors (Lipinski definition) is 5. The van der Waals surface area contributed by atoms with E-state index in [0.717, 1.165) is 16.4 Å². The van der Waals surface area contributed by atoms with Crippen LogP contribution in [0, 0.1) is 11.6 Å². The van der Waals surface area contributed by atoms with Gasteiger partial charge in [-0.3, -0.25) is 0 Å². The zero-order chi connectivity index (χ0) is 30.0. The maximum absolute atomic E-state index is 15.9. The number of anilines is 1. The van der Waals surface area contributed by atoms with Crippen molar-refractivity contribution in [1.29, 1.82) is 0 Å². The lowest BCUT2D eigenvalue weighted by atomic mass is 10.0. The second kappa shape index (κ2) is 12.0. The summed E-state index contributed by atoms with van der Waals surface area (Å²) in [4.78, 5) is 1.63. The predicted molar refractivity (Wildman–Crippen MR) is 155 cm³/mol. The topological polar surface area (TPSA) is 54.3 Å². The van der Waals surface area contributed by atoms with Crippen molar-refractivity contribution in [2.24, 2.45) is 5.16 Å². The molecule has 3 aromatic rings. The summed E-state index contributed by atoms with van der Waals surface area (Å²) in [6.45, 7) is 10.0. The summed E-state index contributed by atoms with van der Waals surface area (Å²) in [5.74, 6) is -7.17. The van der Waals surface area contributed by atoms with Gasteiger partial charge in [0.05, 0.1) is 30.1 Å². The van der Waals surface area contributed by atoms with E-state index in [2.05, 4.69) is 25.9 Å². The lowest BCUT2D eigenvalue weighted by Gasteiger charge is -2.43. The molecular formula is C31H36F4N2O3Si. The summed E-state index contributed by atoms with van der Waals surface area (Å²) in [5.41, 5.74) is -1.30. The molecule has 10 heteroatoms. The van der Waals surface area contributed by atoms with Crippen molar-refractivity contribution in [2.75, 3.05) is 18.0 Å². The zero-order valence-corrected chi connectivity index (χ0v) is 24.9. The van der Waals surface area contributed by atoms with Crippen LogP contribution in [0.1, 0.15) is 45.7 Å². The van der Waals surface area contributed by atoms with Gasteiger partial charge in [-0.1, -0.05) is 86.6 Å². The van der Waals surface area contributed by atoms with Crippen LogP contribution in [0.2, 0.25) is 5.04 Å². The summed E-state index contributed by atoms with van der Waals surface area (Å²) in [6.07, 6.45) is -0.709. The molecule has 1 heterocycles. The minimum atomic E-state index is -4.06. The van der Waals surface area contributed by atoms with Gasteiger partial charge in [-0.15, -0.1) is 0 Å². The van der Waals surface area contributed by atoms with Crippen molar-refractivity contribution in [2.45, 2.75) is 64.4 Å². The first-order chi connectivity index (χ1) is 19.3. The van der Waals surface area contributed by atoms with Crippen LogP contribution in [0.5, 0.6) is 0 Å². The molecule has 0 bridgehead atoms. The first-order valence-corrected chi connectivity index (χ1v) is 15.5. The molecular weight excluding hydrogens is 552 g/mol. The zero-order valence-electron chi connectivity index (χ0n) is 23.9. The Morgan fingerprint density at radius 2 is 1.46 bits per heavy atom. The average molecular weight is 589 g/mol. The highest BCUT2D eigenvalue weighted by Crippen LogP contribution is 2.41. The van der Waals surface area contributed by atoms with Gasteiger partial charge >= 0.3 is 5.92 Å². The summed E-state index contributed by atoms with van der Waals surface area (Å²) in [5, 5.41) is 12.7. The van der Waals surface area contributed by atoms with Crippen LogP contribution in [-0.4, -0.2) is 45.0 Å². The molecule has 4 rings (SSSR count). The van der Waals surface area contributed by atoms with E-state index >= 15 is 8.78 Å². The Labute approximate surface area is 239 Å². The largest absolute Gasteiger partial charge is 0.411 e. The number of halogens is 4. The molecule has 5 nitrogen and oxygen atoms in total. The van der Waals surface area contributed by atoms with Crippen molar-refractivity contribution >= 4 is 30.6 Å². The smallest absolute Gasteiger partial charge is 0.314 e. The van der Waals surface area contributed by atoms with Gasteiger partial charge in [0.25, 0.3) is 8.32 Å². The Balaban J connectivity index is 1.93. The quantitative estimate of drug-likeness (QED) is 0.112. The van der Waals surface area contributed by atoms with Crippen molar-refractivity contribution in [3.05, 3.63) is 89.5 Å². The monoisotopic (exact) mass is 588 g/mol. The second-order valence-electron chi connectivity index (χ2n) is 11.5. The third kappa shape index (κ3) is 6.05. The number of hydrogen-bond donors (Lipinski definition) is 1. The van der Waals surface area contributed by atoms with E-state index in [1.54, 1.807) is 4.90 Å². The van der Waals surface area contributed by atoms with Crippen molar-refractivity contribution in [1.82, 2.24) is 0 Å². The molecule has 0 aliphatic carbocycles. The molecule has 2 atom stereocenters. The van der Waals surface area contributed by atoms with Crippen LogP contribution in [0.3, 0.4) is 0 Å². The van der Waals surface area contributed by atoms with Crippen LogP contribution in [0.25, 0.3) is 0 Å². The first-order valence-electron chi connectivity index (χ1n) is 13.5. The molecule has 1 saturated heterocycles. The van der Waals surface area contributed by atoms with Gasteiger partial charge in [-0.2, -0.15) is 8.78 Å². The van der Waals surface area contributed by atoms with Crippen LogP contribution in [0.4, 0.5) is 23.2 Å². The van der Waals surface area contributed by atoms with E-state index in [1.807, 2.05) is 74.5 Å². The Morgan fingerprint density at radius 1 is 0.951 bits per heavy atom. The van der Waals surface area contributed by atoms with Crippen LogP contribution < -0.4 is 15.3 Å². The van der Waals surface area contributed by atoms with E-state index in [1.165, 1.54) is 0 Å². The molecule has 0 spiro atoms. The molecule has 1 N–H and O–H groups in total. The molecule has 0 unspecified atom stereocenters. The number of benzene rings is 3. The molecule has 0 saturated carbocycles. The van der Waals surface area contributed by atoms with Crippen LogP contribution in [-0.2, 0) is 21.7 Å². The maximum atomic E-state index is 15.9. The lowest BCUT2D eigenvalue weighted by Crippen LogP contribution is -2.66. The van der Waals surface area contributed by atoms with E-state index in [4.69, 9.17) is 14.4 Å². The first kappa shape index (κ1) is 30.7. The summed E-state index contributed by atoms with van der Waals surface area (Å²) in [6, 6.07) is 20.4. The Hall–Kier alpha value is -3.21. The van der Waals surface area contributed by atoms with Crippen molar-refractivity contribution in [3.63, 3.8) is 0 Å². The fraction of sp³-hybridized carbons (Fsp3) is 0.387. The molecule has 3 aromatic carbocycles. The Morgan fingerprint density at radius 3 is 1.93 bits per heavy atom. The van der Waals surface area contributed by atoms with Crippen LogP contribution in [0.15, 0.2) is 71.9 Å². The van der Waals surface area contributed by atoms with Gasteiger partial charge < -0.3 is 19.3 Å². The Bertz CT molecular complexity index is 1320. The van der Waals surface area contributed by atoms with Crippen molar-refractivity contribution in [3.8, 4) is 0 Å². The minimum absolute atomic E-state index is 0.0687. The standard InChI is InChI=1S/C31H36F4N2O3Si/c1-21-17-37(18-22(2)40-21)29-23(16-26(27(32)28(29)33)31(34,35)20-36-38)19-39-41(30(3,4)5,24-12-8-6-9-13-24)25-14-10-7-11-15-25/h6-16,20-22,38H,17-19H2,1-5H3/t21-,22-/m1/s1. The van der Waals surface area contributed by atoms with Crippen LogP contribution >= 0.6 is 0 Å². The highest BCUT2D eigenvalue weighted by Gasteiger charge is 2.50. The summed E-state index contributed by atoms with van der Waals surface area (Å²) < 4.78 is 73.7. The lowest BCUT2D eigenvalue weighted by molar-refractivity contribution is -0.00557. The average Bonchev–Trinajstić information content (AvgIpc) is 2.90. The van der Waals surface area contributed by atoms with E-state index in [-0.39, 0.29) is 49.4 Å². The Kier molecular flexibility index (Phi) is 8.96. The number of morpholine rings is 1. The molecule has 1 aliphatic rings. The van der Waals surface area contributed by atoms with E-state index in [9.17, 15) is 8.78 Å². The van der Waals surface area contributed by atoms with Gasteiger partial charge in [0, 0.05) is 18.7 Å². The van der Waals surface area contributed by atoms with E-state index < -0.39 is 36.5 Å². The van der Waals surface area contributed by atoms with Crippen molar-refractivity contribution < 1.29 is 31.9 Å². The minimum Gasteiger partial charge on any atom is -0.411 e. The highest BCUT2D eigenvalue weighted by atomic mass is 28.4. The summed E-state index contributed by atoms with van der Waals surface area (Å²) >= 11 is 0. The molecule has 1 fully saturated rings. The second-order valence-corrected chi connectivity index (χ2v) is 15.8. The number of nitrogens with zero attached hydrogens (tertiary/aromatic N) is 2. The third-order valence-electron chi connectivity index (χ3n) is 7.44. The fourth-order valence-corrected chi connectivity index (χ4v) is 10.3. The molecule has 0 aromatic heterocycles. The summed E-state index contributed by atoms with van der Waals surface area (Å²) in [7, 11) is -3.15. The number of ether oxygens (including phenoxy) is 1. The van der Waals surface area contributed by atoms with Gasteiger partial charge in [0.1, 0.15) is 6.21 Å². The van der Waals surface area contributed by atoms with Gasteiger partial charge in [0.2, 0.25) is 0 Å². The molecule has 41 heavy (non-hydrogen) atoms. The number of alkyl halides is 2. The number of oxime groups is 1. The molecule has 220 valence electrons. The molecule has 1 aliphatic heterocycles. The van der Waals surface area contributed by atoms with E-state index in [0.29, 0.717) is 0 Å². The predicted octanol–water partition coefficient (Wildman–Crippen LogP) is 6.21. The molecule has 0 radical (unpaired) electrons. The SMILES string of the molecule is C[C@@H]1CN(c2c(CO[Si](c3ccccc3)(c3ccccc3)C(C)(C)C)cc(C(F)(F)C=NO)c(F)c2F)C[C@@H](C)O1. The third-order valence-corrected chi connectivity index (χ3v) is 12.4.